The van der Waals surface area contributed by atoms with Crippen LogP contribution in [-0.2, 0) is 11.2 Å². The van der Waals surface area contributed by atoms with Gasteiger partial charge in [-0.3, -0.25) is 9.36 Å². The third-order valence-electron chi connectivity index (χ3n) is 8.48. The summed E-state index contributed by atoms with van der Waals surface area (Å²) in [5, 5.41) is 13.5. The lowest BCUT2D eigenvalue weighted by Gasteiger charge is -2.47. The van der Waals surface area contributed by atoms with E-state index in [-0.39, 0.29) is 28.7 Å². The molecule has 5 N–H and O–H groups in total. The molecule has 4 aromatic rings. The summed E-state index contributed by atoms with van der Waals surface area (Å²) < 4.78 is 7.10. The van der Waals surface area contributed by atoms with Gasteiger partial charge in [-0.2, -0.15) is 15.2 Å². The van der Waals surface area contributed by atoms with E-state index in [1.807, 2.05) is 61.5 Å². The summed E-state index contributed by atoms with van der Waals surface area (Å²) in [4.78, 5) is 29.9. The van der Waals surface area contributed by atoms with Crippen molar-refractivity contribution >= 4 is 28.5 Å². The average molecular weight is 566 g/mol. The van der Waals surface area contributed by atoms with Crippen LogP contribution in [0.3, 0.4) is 0 Å². The van der Waals surface area contributed by atoms with Gasteiger partial charge in [-0.25, -0.2) is 4.98 Å². The molecule has 0 amide bonds. The number of hydrogen-bond donors (Lipinski definition) is 3. The summed E-state index contributed by atoms with van der Waals surface area (Å²) in [6.07, 6.45) is 4.14. The molecule has 2 saturated heterocycles. The number of nitrogens with zero attached hydrogens (tertiary/aromatic N) is 6. The molecular weight excluding hydrogens is 530 g/mol. The predicted octanol–water partition coefficient (Wildman–Crippen LogP) is 3.43. The fraction of sp³-hybridized carbons (Fsp3) is 0.387. The van der Waals surface area contributed by atoms with Crippen LogP contribution in [0.1, 0.15) is 49.2 Å². The molecule has 216 valence electrons. The number of hydrogen-bond acceptors (Lipinski definition) is 10. The Morgan fingerprint density at radius 3 is 2.52 bits per heavy atom. The van der Waals surface area contributed by atoms with Gasteiger partial charge in [0, 0.05) is 5.41 Å². The van der Waals surface area contributed by atoms with E-state index >= 15 is 0 Å². The number of nitrogen functional groups attached to an aromatic ring is 2. The number of fused-ring (bicyclic) bond motifs is 1. The molecule has 2 aliphatic heterocycles. The fourth-order valence-electron chi connectivity index (χ4n) is 6.05. The average Bonchev–Trinajstić information content (AvgIpc) is 2.97. The van der Waals surface area contributed by atoms with Crippen molar-refractivity contribution in [3.63, 3.8) is 0 Å². The largest absolute Gasteiger partial charge is 0.382 e. The van der Waals surface area contributed by atoms with Crippen LogP contribution in [0.4, 0.5) is 17.6 Å². The number of nitrogens with two attached hydrogens (primary N) is 2. The van der Waals surface area contributed by atoms with Crippen LogP contribution in [0.25, 0.3) is 16.6 Å². The van der Waals surface area contributed by atoms with Crippen molar-refractivity contribution in [2.24, 2.45) is 5.41 Å². The first-order chi connectivity index (χ1) is 20.4. The first kappa shape index (κ1) is 27.6. The van der Waals surface area contributed by atoms with Crippen LogP contribution in [0.15, 0.2) is 53.3 Å². The maximum Gasteiger partial charge on any atom is 0.266 e. The van der Waals surface area contributed by atoms with Gasteiger partial charge in [0.2, 0.25) is 5.95 Å². The summed E-state index contributed by atoms with van der Waals surface area (Å²) in [5.41, 5.74) is 14.4. The minimum Gasteiger partial charge on any atom is -0.382 e. The molecule has 1 unspecified atom stereocenters. The quantitative estimate of drug-likeness (QED) is 0.289. The van der Waals surface area contributed by atoms with Crippen LogP contribution in [0.2, 0.25) is 0 Å². The number of benzene rings is 2. The third kappa shape index (κ3) is 5.26. The summed E-state index contributed by atoms with van der Waals surface area (Å²) in [6.45, 7) is 6.88. The van der Waals surface area contributed by atoms with Crippen LogP contribution >= 0.6 is 0 Å². The Morgan fingerprint density at radius 1 is 1.07 bits per heavy atom. The predicted molar refractivity (Wildman–Crippen MR) is 162 cm³/mol. The van der Waals surface area contributed by atoms with Gasteiger partial charge < -0.3 is 26.4 Å². The Bertz CT molecular complexity index is 1700. The van der Waals surface area contributed by atoms with Gasteiger partial charge in [0.15, 0.2) is 5.82 Å². The fourth-order valence-corrected chi connectivity index (χ4v) is 6.05. The van der Waals surface area contributed by atoms with Crippen LogP contribution in [0, 0.1) is 16.7 Å². The highest BCUT2D eigenvalue weighted by atomic mass is 16.5. The minimum absolute atomic E-state index is 0.0163. The molecule has 0 saturated carbocycles. The third-order valence-corrected chi connectivity index (χ3v) is 8.48. The van der Waals surface area contributed by atoms with Crippen molar-refractivity contribution < 1.29 is 4.74 Å². The molecule has 0 bridgehead atoms. The zero-order chi connectivity index (χ0) is 29.3. The van der Waals surface area contributed by atoms with E-state index in [2.05, 4.69) is 20.2 Å². The molecule has 2 aliphatic rings. The Labute approximate surface area is 244 Å². The topological polar surface area (TPSA) is 161 Å². The van der Waals surface area contributed by atoms with E-state index in [1.54, 1.807) is 4.57 Å². The molecule has 42 heavy (non-hydrogen) atoms. The number of nitrogens with one attached hydrogen (secondary N) is 1. The first-order valence-corrected chi connectivity index (χ1v) is 14.4. The number of rotatable bonds is 8. The lowest BCUT2D eigenvalue weighted by atomic mass is 9.77. The normalized spacial score (nSPS) is 17.0. The van der Waals surface area contributed by atoms with E-state index in [0.717, 1.165) is 51.3 Å². The van der Waals surface area contributed by atoms with Gasteiger partial charge in [0.25, 0.3) is 5.56 Å². The van der Waals surface area contributed by atoms with Crippen LogP contribution in [0.5, 0.6) is 0 Å². The van der Waals surface area contributed by atoms with Gasteiger partial charge in [-0.15, -0.1) is 0 Å². The van der Waals surface area contributed by atoms with Crippen molar-refractivity contribution in [1.29, 1.82) is 5.26 Å². The molecule has 11 nitrogen and oxygen atoms in total. The van der Waals surface area contributed by atoms with E-state index in [1.165, 1.54) is 12.8 Å². The molecule has 0 aliphatic carbocycles. The minimum atomic E-state index is -0.532. The van der Waals surface area contributed by atoms with Gasteiger partial charge in [-0.05, 0) is 76.0 Å². The monoisotopic (exact) mass is 565 g/mol. The van der Waals surface area contributed by atoms with E-state index in [9.17, 15) is 10.1 Å². The maximum atomic E-state index is 14.3. The number of nitriles is 1. The van der Waals surface area contributed by atoms with Crippen molar-refractivity contribution in [1.82, 2.24) is 24.4 Å². The van der Waals surface area contributed by atoms with E-state index < -0.39 is 6.04 Å². The number of anilines is 3. The van der Waals surface area contributed by atoms with Gasteiger partial charge in [0.05, 0.1) is 35.8 Å². The Kier molecular flexibility index (Phi) is 7.49. The second-order valence-electron chi connectivity index (χ2n) is 11.4. The highest BCUT2D eigenvalue weighted by molar-refractivity contribution is 5.82. The number of aromatic nitrogens is 4. The molecule has 0 radical (unpaired) electrons. The number of piperidine rings is 1. The Balaban J connectivity index is 1.32. The molecule has 6 rings (SSSR count). The van der Waals surface area contributed by atoms with Crippen molar-refractivity contribution in [2.75, 3.05) is 49.6 Å². The molecule has 11 heteroatoms. The second kappa shape index (κ2) is 11.4. The molecule has 1 atom stereocenters. The molecule has 1 spiro atoms. The highest BCUT2D eigenvalue weighted by Gasteiger charge is 2.40. The molecule has 2 aromatic carbocycles. The smallest absolute Gasteiger partial charge is 0.266 e. The van der Waals surface area contributed by atoms with E-state index in [4.69, 9.17) is 21.2 Å². The molecule has 2 aromatic heterocycles. The number of para-hydroxylation sites is 1. The summed E-state index contributed by atoms with van der Waals surface area (Å²) >= 11 is 0. The number of likely N-dealkylation sites (tertiary alicyclic amines) is 1. The lowest BCUT2D eigenvalue weighted by Crippen LogP contribution is -2.50. The van der Waals surface area contributed by atoms with Crippen molar-refractivity contribution in [2.45, 2.75) is 38.6 Å². The Morgan fingerprint density at radius 2 is 1.83 bits per heavy atom. The zero-order valence-electron chi connectivity index (χ0n) is 23.7. The first-order valence-electron chi connectivity index (χ1n) is 14.4. The van der Waals surface area contributed by atoms with Gasteiger partial charge in [0.1, 0.15) is 23.3 Å². The Hall–Kier alpha value is -4.53. The molecular formula is C31H35N9O2. The SMILES string of the molecule is CC(Nc1nc(N)nc(N)c1C#N)c1nc2cccc(CCCN3CCC4(CC3)COC4)c2c(=O)n1-c1ccccc1. The summed E-state index contributed by atoms with van der Waals surface area (Å²) in [5.74, 6) is 0.583. The van der Waals surface area contributed by atoms with Gasteiger partial charge >= 0.3 is 0 Å². The molecule has 4 heterocycles. The van der Waals surface area contributed by atoms with E-state index in [0.29, 0.717) is 27.8 Å². The standard InChI is InChI=1S/C31H35N9O2/c1-20(35-27-23(17-32)26(33)37-30(34)38-27)28-36-24-11-5-7-21(25(24)29(41)40(28)22-9-3-2-4-10-22)8-6-14-39-15-12-31(13-16-39)18-42-19-31/h2-5,7,9-11,20H,6,8,12-16,18-19H2,1H3,(H5,33,34,35,37,38). The lowest BCUT2D eigenvalue weighted by molar-refractivity contribution is -0.139. The summed E-state index contributed by atoms with van der Waals surface area (Å²) in [6, 6.07) is 16.8. The highest BCUT2D eigenvalue weighted by Crippen LogP contribution is 2.38. The number of ether oxygens (including phenoxy) is 1. The second-order valence-corrected chi connectivity index (χ2v) is 11.4. The van der Waals surface area contributed by atoms with Crippen LogP contribution in [-0.4, -0.2) is 57.3 Å². The van der Waals surface area contributed by atoms with Crippen LogP contribution < -0.4 is 22.3 Å². The number of aryl methyl sites for hydroxylation is 1. The maximum absolute atomic E-state index is 14.3. The molecule has 2 fully saturated rings. The van der Waals surface area contributed by atoms with Gasteiger partial charge in [-0.1, -0.05) is 30.3 Å². The van der Waals surface area contributed by atoms with Crippen molar-refractivity contribution in [3.8, 4) is 11.8 Å². The van der Waals surface area contributed by atoms with Crippen molar-refractivity contribution in [3.05, 3.63) is 75.8 Å². The summed E-state index contributed by atoms with van der Waals surface area (Å²) in [7, 11) is 0. The zero-order valence-corrected chi connectivity index (χ0v) is 23.7.